The Morgan fingerprint density at radius 1 is 1.14 bits per heavy atom. The Hall–Kier alpha value is -1.80. The summed E-state index contributed by atoms with van der Waals surface area (Å²) >= 11 is 1.70. The van der Waals surface area contributed by atoms with E-state index >= 15 is 0 Å². The number of carbonyl (C=O) groups excluding carboxylic acids is 3. The first-order chi connectivity index (χ1) is 17.7. The van der Waals surface area contributed by atoms with E-state index in [0.717, 1.165) is 25.7 Å². The highest BCUT2D eigenvalue weighted by atomic mass is 32.2. The molecule has 3 aliphatic heterocycles. The molecule has 1 spiro atoms. The summed E-state index contributed by atoms with van der Waals surface area (Å²) in [5, 5.41) is 10.4. The Bertz CT molecular complexity index is 879. The van der Waals surface area contributed by atoms with Crippen LogP contribution < -0.4 is 0 Å². The van der Waals surface area contributed by atoms with Crippen molar-refractivity contribution in [3.63, 3.8) is 0 Å². The van der Waals surface area contributed by atoms with Gasteiger partial charge in [0.2, 0.25) is 17.7 Å². The molecule has 3 fully saturated rings. The maximum absolute atomic E-state index is 14.4. The summed E-state index contributed by atoms with van der Waals surface area (Å²) in [6.45, 7) is 19.8. The fraction of sp³-hybridized carbons (Fsp3) is 0.759. The van der Waals surface area contributed by atoms with Gasteiger partial charge in [0.05, 0.1) is 29.2 Å². The molecule has 0 radical (unpaired) electrons. The summed E-state index contributed by atoms with van der Waals surface area (Å²) in [5.74, 6) is -1.19. The third-order valence-corrected chi connectivity index (χ3v) is 10.7. The Morgan fingerprint density at radius 3 is 2.27 bits per heavy atom. The molecule has 3 saturated heterocycles. The van der Waals surface area contributed by atoms with Crippen LogP contribution >= 0.6 is 11.8 Å². The number of hydrogen-bond acceptors (Lipinski definition) is 5. The second-order valence-corrected chi connectivity index (χ2v) is 12.8. The van der Waals surface area contributed by atoms with Crippen molar-refractivity contribution >= 4 is 29.5 Å². The molecule has 208 valence electrons. The molecule has 0 aromatic rings. The van der Waals surface area contributed by atoms with Crippen molar-refractivity contribution in [1.29, 1.82) is 0 Å². The molecular weight excluding hydrogens is 486 g/mol. The van der Waals surface area contributed by atoms with Crippen molar-refractivity contribution in [2.45, 2.75) is 82.4 Å². The molecule has 0 aromatic carbocycles. The summed E-state index contributed by atoms with van der Waals surface area (Å²) in [4.78, 5) is 48.1. The van der Waals surface area contributed by atoms with Crippen LogP contribution in [0.4, 0.5) is 0 Å². The lowest BCUT2D eigenvalue weighted by molar-refractivity contribution is -0.148. The third-order valence-electron chi connectivity index (χ3n) is 8.61. The molecule has 3 heterocycles. The molecule has 8 heteroatoms. The number of carbonyl (C=O) groups is 3. The van der Waals surface area contributed by atoms with Crippen molar-refractivity contribution in [2.75, 3.05) is 32.8 Å². The molecule has 1 N–H and O–H groups in total. The Morgan fingerprint density at radius 2 is 1.76 bits per heavy atom. The zero-order valence-corrected chi connectivity index (χ0v) is 24.2. The minimum absolute atomic E-state index is 0.00144. The van der Waals surface area contributed by atoms with E-state index in [1.165, 1.54) is 0 Å². The molecular formula is C29H47N3O4S. The van der Waals surface area contributed by atoms with E-state index in [9.17, 15) is 19.5 Å². The molecule has 0 saturated carbocycles. The maximum Gasteiger partial charge on any atom is 0.247 e. The number of likely N-dealkylation sites (tertiary alicyclic amines) is 1. The van der Waals surface area contributed by atoms with Crippen molar-refractivity contribution in [3.05, 3.63) is 25.3 Å². The van der Waals surface area contributed by atoms with Crippen LogP contribution in [0.15, 0.2) is 25.3 Å². The van der Waals surface area contributed by atoms with Crippen molar-refractivity contribution in [2.24, 2.45) is 23.7 Å². The van der Waals surface area contributed by atoms with E-state index in [1.807, 2.05) is 30.6 Å². The van der Waals surface area contributed by atoms with Gasteiger partial charge in [0.1, 0.15) is 6.04 Å². The molecule has 7 nitrogen and oxygen atoms in total. The number of aliphatic hydroxyl groups is 1. The lowest BCUT2D eigenvalue weighted by Crippen LogP contribution is -2.60. The predicted octanol–water partition coefficient (Wildman–Crippen LogP) is 3.58. The number of rotatable bonds is 14. The first-order valence-corrected chi connectivity index (χ1v) is 14.9. The normalized spacial score (nSPS) is 30.9. The fourth-order valence-electron chi connectivity index (χ4n) is 6.90. The fourth-order valence-corrected chi connectivity index (χ4v) is 9.29. The molecule has 3 amide bonds. The third kappa shape index (κ3) is 5.00. The quantitative estimate of drug-likeness (QED) is 0.345. The Kier molecular flexibility index (Phi) is 9.95. The second-order valence-electron chi connectivity index (χ2n) is 11.3. The number of hydrogen-bond donors (Lipinski definition) is 1. The zero-order valence-electron chi connectivity index (χ0n) is 23.4. The largest absolute Gasteiger partial charge is 0.394 e. The lowest BCUT2D eigenvalue weighted by Gasteiger charge is -2.43. The predicted molar refractivity (Wildman–Crippen MR) is 150 cm³/mol. The van der Waals surface area contributed by atoms with E-state index in [-0.39, 0.29) is 41.4 Å². The number of fused-ring (bicyclic) bond motifs is 1. The van der Waals surface area contributed by atoms with Crippen LogP contribution in [0.1, 0.15) is 60.3 Å². The smallest absolute Gasteiger partial charge is 0.247 e. The van der Waals surface area contributed by atoms with E-state index in [0.29, 0.717) is 26.2 Å². The average molecular weight is 534 g/mol. The number of nitrogens with zero attached hydrogens (tertiary/aromatic N) is 3. The van der Waals surface area contributed by atoms with Crippen LogP contribution in [0.25, 0.3) is 0 Å². The van der Waals surface area contributed by atoms with Gasteiger partial charge >= 0.3 is 0 Å². The summed E-state index contributed by atoms with van der Waals surface area (Å²) in [5.41, 5.74) is 0. The minimum Gasteiger partial charge on any atom is -0.394 e. The van der Waals surface area contributed by atoms with Crippen molar-refractivity contribution in [1.82, 2.24) is 14.7 Å². The van der Waals surface area contributed by atoms with Gasteiger partial charge in [0.15, 0.2) is 0 Å². The zero-order chi connectivity index (χ0) is 27.5. The Labute approximate surface area is 227 Å². The molecule has 0 aromatic heterocycles. The lowest BCUT2D eigenvalue weighted by atomic mass is 9.65. The molecule has 3 aliphatic rings. The molecule has 3 unspecified atom stereocenters. The van der Waals surface area contributed by atoms with Crippen molar-refractivity contribution < 1.29 is 19.5 Å². The first-order valence-electron chi connectivity index (χ1n) is 14.1. The SMILES string of the molecule is C=CCN(CCCC)C(=O)C1N([C@@H](CO)C(C)C)C(=O)[C@@H]2[C@H](C(=O)N(CC=C)CCC)[C@@H]3CC(C)C12S3. The van der Waals surface area contributed by atoms with Gasteiger partial charge in [-0.3, -0.25) is 14.4 Å². The van der Waals surface area contributed by atoms with Gasteiger partial charge in [0, 0.05) is 31.4 Å². The van der Waals surface area contributed by atoms with Gasteiger partial charge in [-0.1, -0.05) is 53.2 Å². The summed E-state index contributed by atoms with van der Waals surface area (Å²) in [6, 6.07) is -1.19. The second kappa shape index (κ2) is 12.4. The number of unbranched alkanes of at least 4 members (excludes halogenated alkanes) is 1. The van der Waals surface area contributed by atoms with Gasteiger partial charge < -0.3 is 19.8 Å². The Balaban J connectivity index is 2.13. The van der Waals surface area contributed by atoms with Crippen LogP contribution in [0.3, 0.4) is 0 Å². The van der Waals surface area contributed by atoms with Gasteiger partial charge in [-0.2, -0.15) is 0 Å². The van der Waals surface area contributed by atoms with E-state index in [2.05, 4.69) is 27.0 Å². The molecule has 3 rings (SSSR count). The van der Waals surface area contributed by atoms with Crippen LogP contribution in [0.2, 0.25) is 0 Å². The van der Waals surface area contributed by atoms with Gasteiger partial charge in [-0.15, -0.1) is 24.9 Å². The highest BCUT2D eigenvalue weighted by Gasteiger charge is 2.77. The average Bonchev–Trinajstić information content (AvgIpc) is 3.45. The number of amides is 3. The molecule has 2 bridgehead atoms. The maximum atomic E-state index is 14.4. The first kappa shape index (κ1) is 29.8. The molecule has 0 aliphatic carbocycles. The summed E-state index contributed by atoms with van der Waals surface area (Å²) in [7, 11) is 0. The van der Waals surface area contributed by atoms with Gasteiger partial charge in [0.25, 0.3) is 0 Å². The molecule has 7 atom stereocenters. The monoisotopic (exact) mass is 533 g/mol. The molecule has 37 heavy (non-hydrogen) atoms. The standard InChI is InChI=1S/C29H47N3O4S/c1-8-12-16-31(15-11-4)28(36)25-29-20(7)17-22(37-29)23(26(34)30(13-9-2)14-10-3)24(29)27(35)32(25)21(18-33)19(5)6/h9,11,19-25,33H,2,4,8,10,12-18H2,1,3,5-7H3/t20?,21-,22-,23+,24-,25?,29?/m0/s1. The van der Waals surface area contributed by atoms with Gasteiger partial charge in [-0.25, -0.2) is 0 Å². The summed E-state index contributed by atoms with van der Waals surface area (Å²) < 4.78 is -0.681. The minimum atomic E-state index is -0.705. The highest BCUT2D eigenvalue weighted by Crippen LogP contribution is 2.69. The summed E-state index contributed by atoms with van der Waals surface area (Å²) in [6.07, 6.45) is 6.92. The van der Waals surface area contributed by atoms with Crippen LogP contribution in [-0.2, 0) is 14.4 Å². The van der Waals surface area contributed by atoms with Crippen LogP contribution in [0, 0.1) is 23.7 Å². The van der Waals surface area contributed by atoms with Crippen molar-refractivity contribution in [3.8, 4) is 0 Å². The van der Waals surface area contributed by atoms with E-state index < -0.39 is 28.7 Å². The number of thioether (sulfide) groups is 1. The topological polar surface area (TPSA) is 81.2 Å². The van der Waals surface area contributed by atoms with E-state index in [1.54, 1.807) is 28.8 Å². The highest BCUT2D eigenvalue weighted by molar-refractivity contribution is 8.02. The van der Waals surface area contributed by atoms with Crippen LogP contribution in [0.5, 0.6) is 0 Å². The van der Waals surface area contributed by atoms with E-state index in [4.69, 9.17) is 0 Å². The van der Waals surface area contributed by atoms with Crippen LogP contribution in [-0.4, -0.2) is 92.4 Å². The van der Waals surface area contributed by atoms with Gasteiger partial charge in [-0.05, 0) is 31.1 Å². The number of aliphatic hydroxyl groups excluding tert-OH is 1.